The van der Waals surface area contributed by atoms with Gasteiger partial charge in [0.05, 0.1) is 0 Å². The van der Waals surface area contributed by atoms with Gasteiger partial charge >= 0.3 is 5.97 Å². The molecular formula is C17H22N2O4S. The molecule has 3 rings (SSSR count). The number of nitrogens with one attached hydrogen (secondary N) is 2. The molecular weight excluding hydrogens is 328 g/mol. The van der Waals surface area contributed by atoms with Crippen molar-refractivity contribution in [2.24, 2.45) is 0 Å². The number of H-pyrrole nitrogens is 1. The highest BCUT2D eigenvalue weighted by atomic mass is 32.2. The van der Waals surface area contributed by atoms with E-state index in [-0.39, 0.29) is 5.56 Å². The van der Waals surface area contributed by atoms with Crippen molar-refractivity contribution in [2.75, 3.05) is 11.5 Å². The van der Waals surface area contributed by atoms with Crippen LogP contribution in [-0.4, -0.2) is 39.0 Å². The molecule has 3 N–H and O–H groups in total. The van der Waals surface area contributed by atoms with Crippen LogP contribution in [0.15, 0.2) is 10.9 Å². The fraction of sp³-hybridized carbons (Fsp3) is 0.588. The SMILES string of the molecule is O=C(NC1(C(=O)O)CCSCC1)c1cc2c([nH]c1=O)CCCCC2. The number of aromatic amines is 1. The third kappa shape index (κ3) is 3.36. The first-order valence-electron chi connectivity index (χ1n) is 8.40. The molecule has 6 nitrogen and oxygen atoms in total. The van der Waals surface area contributed by atoms with Gasteiger partial charge in [0.1, 0.15) is 11.1 Å². The Kier molecular flexibility index (Phi) is 4.99. The molecule has 1 amide bonds. The highest BCUT2D eigenvalue weighted by Gasteiger charge is 2.41. The number of carboxylic acids is 1. The number of rotatable bonds is 3. The summed E-state index contributed by atoms with van der Waals surface area (Å²) in [7, 11) is 0. The molecule has 2 aliphatic rings. The predicted molar refractivity (Wildman–Crippen MR) is 92.7 cm³/mol. The summed E-state index contributed by atoms with van der Waals surface area (Å²) in [4.78, 5) is 39.4. The maximum atomic E-state index is 12.6. The van der Waals surface area contributed by atoms with Crippen LogP contribution in [0.5, 0.6) is 0 Å². The minimum absolute atomic E-state index is 0.0227. The monoisotopic (exact) mass is 350 g/mol. The summed E-state index contributed by atoms with van der Waals surface area (Å²) in [5.74, 6) is -0.236. The van der Waals surface area contributed by atoms with E-state index in [1.807, 2.05) is 0 Å². The van der Waals surface area contributed by atoms with Crippen LogP contribution in [0.25, 0.3) is 0 Å². The average Bonchev–Trinajstić information content (AvgIpc) is 2.79. The number of carbonyl (C=O) groups is 2. The maximum absolute atomic E-state index is 12.6. The number of hydrogen-bond donors (Lipinski definition) is 3. The van der Waals surface area contributed by atoms with Crippen LogP contribution >= 0.6 is 11.8 Å². The smallest absolute Gasteiger partial charge is 0.329 e. The van der Waals surface area contributed by atoms with Gasteiger partial charge in [-0.05, 0) is 61.7 Å². The van der Waals surface area contributed by atoms with E-state index >= 15 is 0 Å². The molecule has 0 bridgehead atoms. The molecule has 1 saturated heterocycles. The van der Waals surface area contributed by atoms with Crippen LogP contribution in [0.4, 0.5) is 0 Å². The fourth-order valence-electron chi connectivity index (χ4n) is 3.42. The number of aryl methyl sites for hydroxylation is 2. The standard InChI is InChI=1S/C17H22N2O4S/c20-14-12(10-11-4-2-1-3-5-13(11)18-14)15(21)19-17(16(22)23)6-8-24-9-7-17/h10H,1-9H2,(H,18,20)(H,19,21)(H,22,23). The Morgan fingerprint density at radius 2 is 1.88 bits per heavy atom. The predicted octanol–water partition coefficient (Wildman–Crippen LogP) is 1.72. The number of aliphatic carboxylic acids is 1. The lowest BCUT2D eigenvalue weighted by atomic mass is 9.91. The van der Waals surface area contributed by atoms with Gasteiger partial charge in [0.2, 0.25) is 0 Å². The van der Waals surface area contributed by atoms with Crippen LogP contribution in [0.1, 0.15) is 53.7 Å². The van der Waals surface area contributed by atoms with Gasteiger partial charge in [-0.1, -0.05) is 6.42 Å². The number of thioether (sulfide) groups is 1. The van der Waals surface area contributed by atoms with Crippen LogP contribution in [0, 0.1) is 0 Å². The Morgan fingerprint density at radius 3 is 2.58 bits per heavy atom. The number of amides is 1. The van der Waals surface area contributed by atoms with E-state index in [2.05, 4.69) is 10.3 Å². The second kappa shape index (κ2) is 7.01. The lowest BCUT2D eigenvalue weighted by molar-refractivity contribution is -0.144. The number of pyridine rings is 1. The molecule has 24 heavy (non-hydrogen) atoms. The van der Waals surface area contributed by atoms with E-state index in [1.54, 1.807) is 17.8 Å². The molecule has 1 aromatic heterocycles. The van der Waals surface area contributed by atoms with Gasteiger partial charge in [-0.3, -0.25) is 9.59 Å². The van der Waals surface area contributed by atoms with Crippen molar-refractivity contribution in [1.82, 2.24) is 10.3 Å². The van der Waals surface area contributed by atoms with Crippen molar-refractivity contribution in [1.29, 1.82) is 0 Å². The maximum Gasteiger partial charge on any atom is 0.329 e. The number of carbonyl (C=O) groups excluding carboxylic acids is 1. The summed E-state index contributed by atoms with van der Waals surface area (Å²) >= 11 is 1.68. The number of hydrogen-bond acceptors (Lipinski definition) is 4. The Hall–Kier alpha value is -1.76. The molecule has 130 valence electrons. The van der Waals surface area contributed by atoms with Crippen molar-refractivity contribution in [3.8, 4) is 0 Å². The molecule has 0 radical (unpaired) electrons. The Balaban J connectivity index is 1.88. The lowest BCUT2D eigenvalue weighted by Gasteiger charge is -2.33. The van der Waals surface area contributed by atoms with E-state index in [4.69, 9.17) is 0 Å². The number of aromatic nitrogens is 1. The zero-order chi connectivity index (χ0) is 17.2. The Labute approximate surface area is 144 Å². The molecule has 1 aromatic rings. The van der Waals surface area contributed by atoms with Gasteiger partial charge in [-0.2, -0.15) is 11.8 Å². The van der Waals surface area contributed by atoms with E-state index in [0.717, 1.165) is 43.4 Å². The first-order valence-corrected chi connectivity index (χ1v) is 9.56. The van der Waals surface area contributed by atoms with Crippen molar-refractivity contribution in [3.63, 3.8) is 0 Å². The highest BCUT2D eigenvalue weighted by Crippen LogP contribution is 2.28. The molecule has 0 unspecified atom stereocenters. The largest absolute Gasteiger partial charge is 0.480 e. The second-order valence-electron chi connectivity index (χ2n) is 6.53. The van der Waals surface area contributed by atoms with Crippen molar-refractivity contribution < 1.29 is 14.7 Å². The van der Waals surface area contributed by atoms with E-state index in [0.29, 0.717) is 24.3 Å². The third-order valence-corrected chi connectivity index (χ3v) is 5.93. The van der Waals surface area contributed by atoms with Crippen LogP contribution in [0.2, 0.25) is 0 Å². The van der Waals surface area contributed by atoms with Crippen molar-refractivity contribution >= 4 is 23.6 Å². The first kappa shape index (κ1) is 17.1. The summed E-state index contributed by atoms with van der Waals surface area (Å²) in [5, 5.41) is 12.2. The summed E-state index contributed by atoms with van der Waals surface area (Å²) in [5.41, 5.74) is 0.243. The van der Waals surface area contributed by atoms with Gasteiger partial charge in [0.25, 0.3) is 11.5 Å². The minimum atomic E-state index is -1.26. The summed E-state index contributed by atoms with van der Waals surface area (Å²) in [6.45, 7) is 0. The van der Waals surface area contributed by atoms with Crippen LogP contribution < -0.4 is 10.9 Å². The van der Waals surface area contributed by atoms with E-state index in [9.17, 15) is 19.5 Å². The molecule has 0 saturated carbocycles. The topological polar surface area (TPSA) is 99.3 Å². The normalized spacial score (nSPS) is 19.8. The number of fused-ring (bicyclic) bond motifs is 1. The number of carboxylic acid groups (broad SMARTS) is 1. The molecule has 2 heterocycles. The Bertz CT molecular complexity index is 707. The van der Waals surface area contributed by atoms with Gasteiger partial charge < -0.3 is 15.4 Å². The molecule has 1 aliphatic heterocycles. The van der Waals surface area contributed by atoms with Gasteiger partial charge in [-0.15, -0.1) is 0 Å². The quantitative estimate of drug-likeness (QED) is 0.721. The zero-order valence-electron chi connectivity index (χ0n) is 13.5. The second-order valence-corrected chi connectivity index (χ2v) is 7.76. The zero-order valence-corrected chi connectivity index (χ0v) is 14.3. The van der Waals surface area contributed by atoms with Gasteiger partial charge in [-0.25, -0.2) is 4.79 Å². The Morgan fingerprint density at radius 1 is 1.17 bits per heavy atom. The van der Waals surface area contributed by atoms with Crippen molar-refractivity contribution in [3.05, 3.63) is 33.2 Å². The molecule has 1 fully saturated rings. The van der Waals surface area contributed by atoms with Crippen LogP contribution in [-0.2, 0) is 17.6 Å². The first-order chi connectivity index (χ1) is 11.5. The molecule has 0 atom stereocenters. The average molecular weight is 350 g/mol. The highest BCUT2D eigenvalue weighted by molar-refractivity contribution is 7.99. The van der Waals surface area contributed by atoms with Gasteiger partial charge in [0, 0.05) is 5.69 Å². The lowest BCUT2D eigenvalue weighted by Crippen LogP contribution is -2.57. The van der Waals surface area contributed by atoms with Crippen molar-refractivity contribution in [2.45, 2.75) is 50.5 Å². The summed E-state index contributed by atoms with van der Waals surface area (Å²) in [6, 6.07) is 1.65. The van der Waals surface area contributed by atoms with E-state index in [1.165, 1.54) is 0 Å². The summed E-state index contributed by atoms with van der Waals surface area (Å²) in [6.07, 6.45) is 5.60. The molecule has 0 spiro atoms. The summed E-state index contributed by atoms with van der Waals surface area (Å²) < 4.78 is 0. The molecule has 7 heteroatoms. The van der Waals surface area contributed by atoms with Gasteiger partial charge in [0.15, 0.2) is 0 Å². The fourth-order valence-corrected chi connectivity index (χ4v) is 4.61. The van der Waals surface area contributed by atoms with E-state index < -0.39 is 23.0 Å². The molecule has 1 aliphatic carbocycles. The van der Waals surface area contributed by atoms with Crippen LogP contribution in [0.3, 0.4) is 0 Å². The minimum Gasteiger partial charge on any atom is -0.480 e. The molecule has 0 aromatic carbocycles. The third-order valence-electron chi connectivity index (χ3n) is 4.94.